The van der Waals surface area contributed by atoms with Crippen LogP contribution in [0.3, 0.4) is 0 Å². The van der Waals surface area contributed by atoms with E-state index in [2.05, 4.69) is 0 Å². The zero-order chi connectivity index (χ0) is 26.3. The van der Waals surface area contributed by atoms with Gasteiger partial charge >= 0.3 is 12.1 Å². The number of hydrogen-bond donors (Lipinski definition) is 0. The first-order chi connectivity index (χ1) is 17.2. The number of pyridine rings is 1. The van der Waals surface area contributed by atoms with Gasteiger partial charge in [0.1, 0.15) is 17.6 Å². The van der Waals surface area contributed by atoms with Gasteiger partial charge in [0.25, 0.3) is 12.6 Å². The number of ketones is 1. The third-order valence-corrected chi connectivity index (χ3v) is 6.61. The van der Waals surface area contributed by atoms with Crippen LogP contribution in [0.4, 0.5) is 4.79 Å². The number of amides is 2. The van der Waals surface area contributed by atoms with Gasteiger partial charge < -0.3 is 14.4 Å². The molecule has 3 rings (SSSR count). The van der Waals surface area contributed by atoms with Crippen LogP contribution in [0.2, 0.25) is 5.02 Å². The van der Waals surface area contributed by atoms with Gasteiger partial charge in [-0.15, -0.1) is 0 Å². The highest BCUT2D eigenvalue weighted by atomic mass is 35.5. The van der Waals surface area contributed by atoms with Crippen LogP contribution in [-0.4, -0.2) is 60.8 Å². The Hall–Kier alpha value is -3.46. The molecule has 192 valence electrons. The second-order valence-corrected chi connectivity index (χ2v) is 9.05. The lowest BCUT2D eigenvalue weighted by Crippen LogP contribution is -2.55. The molecule has 1 aromatic carbocycles. The van der Waals surface area contributed by atoms with Gasteiger partial charge in [-0.3, -0.25) is 19.3 Å². The lowest BCUT2D eigenvalue weighted by atomic mass is 9.74. The van der Waals surface area contributed by atoms with E-state index >= 15 is 0 Å². The third kappa shape index (κ3) is 5.84. The number of nitrogens with zero attached hydrogens (tertiary/aromatic N) is 3. The lowest BCUT2D eigenvalue weighted by molar-refractivity contribution is -0.727. The maximum atomic E-state index is 13.2. The summed E-state index contributed by atoms with van der Waals surface area (Å²) in [5.74, 6) is -0.962. The van der Waals surface area contributed by atoms with Crippen molar-refractivity contribution in [3.8, 4) is 0 Å². The largest absolute Gasteiger partial charge is 0.465 e. The number of esters is 1. The van der Waals surface area contributed by atoms with E-state index in [1.165, 1.54) is 27.6 Å². The van der Waals surface area contributed by atoms with Crippen LogP contribution in [0.25, 0.3) is 0 Å². The molecule has 0 saturated heterocycles. The summed E-state index contributed by atoms with van der Waals surface area (Å²) < 4.78 is 11.9. The van der Waals surface area contributed by atoms with Crippen LogP contribution in [0.5, 0.6) is 0 Å². The standard InChI is InChI=1S/C26H31ClN3O6/c1-4-35-23(32)17-28(2)24(33)19-10-9-15-30(16-19)18-36-25(34)29(3)26(14-8-7-13-22(26)31)20-11-5-6-12-21(20)27/h5-6,9-12,15-16H,4,7-8,13-14,17-18H2,1-3H3/q+1/t26-/m1/s1. The van der Waals surface area contributed by atoms with Gasteiger partial charge in [-0.05, 0) is 38.3 Å². The molecule has 2 aromatic rings. The molecule has 1 saturated carbocycles. The van der Waals surface area contributed by atoms with Crippen molar-refractivity contribution in [1.29, 1.82) is 0 Å². The highest BCUT2D eigenvalue weighted by Crippen LogP contribution is 2.42. The summed E-state index contributed by atoms with van der Waals surface area (Å²) in [5, 5.41) is 0.417. The molecule has 2 amide bonds. The van der Waals surface area contributed by atoms with E-state index in [-0.39, 0.29) is 31.6 Å². The van der Waals surface area contributed by atoms with E-state index < -0.39 is 17.6 Å². The Morgan fingerprint density at radius 3 is 2.53 bits per heavy atom. The number of carbonyl (C=O) groups excluding carboxylic acids is 4. The average Bonchev–Trinajstić information content (AvgIpc) is 2.87. The maximum absolute atomic E-state index is 13.2. The van der Waals surface area contributed by atoms with Crippen LogP contribution in [-0.2, 0) is 31.3 Å². The number of halogens is 1. The van der Waals surface area contributed by atoms with Crippen molar-refractivity contribution < 1.29 is 33.2 Å². The fraction of sp³-hybridized carbons (Fsp3) is 0.423. The van der Waals surface area contributed by atoms with E-state index in [1.54, 1.807) is 56.6 Å². The molecule has 10 heteroatoms. The Labute approximate surface area is 215 Å². The number of hydrogen-bond acceptors (Lipinski definition) is 6. The Bertz CT molecular complexity index is 1140. The summed E-state index contributed by atoms with van der Waals surface area (Å²) >= 11 is 6.46. The molecule has 0 unspecified atom stereocenters. The van der Waals surface area contributed by atoms with Crippen molar-refractivity contribution in [1.82, 2.24) is 9.80 Å². The highest BCUT2D eigenvalue weighted by Gasteiger charge is 2.48. The maximum Gasteiger partial charge on any atom is 0.415 e. The zero-order valence-corrected chi connectivity index (χ0v) is 21.5. The summed E-state index contributed by atoms with van der Waals surface area (Å²) in [7, 11) is 3.05. The Morgan fingerprint density at radius 1 is 1.08 bits per heavy atom. The van der Waals surface area contributed by atoms with Crippen LogP contribution < -0.4 is 4.57 Å². The fourth-order valence-electron chi connectivity index (χ4n) is 4.43. The predicted molar refractivity (Wildman–Crippen MR) is 131 cm³/mol. The monoisotopic (exact) mass is 516 g/mol. The summed E-state index contributed by atoms with van der Waals surface area (Å²) in [4.78, 5) is 53.3. The minimum Gasteiger partial charge on any atom is -0.465 e. The number of rotatable bonds is 8. The Balaban J connectivity index is 1.73. The summed E-state index contributed by atoms with van der Waals surface area (Å²) in [6.45, 7) is 1.56. The molecule has 0 bridgehead atoms. The molecule has 1 aliphatic rings. The number of Topliss-reactive ketones (excluding diaryl/α,β-unsaturated/α-hetero) is 1. The van der Waals surface area contributed by atoms with Gasteiger partial charge in [0, 0.05) is 37.2 Å². The normalized spacial score (nSPS) is 17.3. The van der Waals surface area contributed by atoms with E-state index in [4.69, 9.17) is 21.1 Å². The number of carbonyl (C=O) groups is 4. The molecule has 1 atom stereocenters. The van der Waals surface area contributed by atoms with E-state index in [9.17, 15) is 19.2 Å². The van der Waals surface area contributed by atoms with E-state index in [0.29, 0.717) is 29.0 Å². The average molecular weight is 517 g/mol. The lowest BCUT2D eigenvalue weighted by Gasteiger charge is -2.43. The molecule has 1 aliphatic carbocycles. The number of likely N-dealkylation sites (N-methyl/N-ethyl adjacent to an activating group) is 2. The molecule has 1 aromatic heterocycles. The first-order valence-corrected chi connectivity index (χ1v) is 12.2. The van der Waals surface area contributed by atoms with Gasteiger partial charge in [0.15, 0.2) is 18.2 Å². The molecule has 36 heavy (non-hydrogen) atoms. The van der Waals surface area contributed by atoms with Gasteiger partial charge in [-0.1, -0.05) is 29.8 Å². The number of benzene rings is 1. The zero-order valence-electron chi connectivity index (χ0n) is 20.7. The fourth-order valence-corrected chi connectivity index (χ4v) is 4.73. The van der Waals surface area contributed by atoms with Crippen LogP contribution >= 0.6 is 11.6 Å². The van der Waals surface area contributed by atoms with Gasteiger partial charge in [0.2, 0.25) is 0 Å². The molecular formula is C26H31ClN3O6+. The predicted octanol–water partition coefficient (Wildman–Crippen LogP) is 3.33. The smallest absolute Gasteiger partial charge is 0.415 e. The second kappa shape index (κ2) is 12.0. The minimum absolute atomic E-state index is 0.0776. The highest BCUT2D eigenvalue weighted by molar-refractivity contribution is 6.31. The van der Waals surface area contributed by atoms with Gasteiger partial charge in [0.05, 0.1) is 6.61 Å². The molecule has 0 N–H and O–H groups in total. The van der Waals surface area contributed by atoms with Crippen LogP contribution in [0.15, 0.2) is 48.8 Å². The molecule has 9 nitrogen and oxygen atoms in total. The molecule has 0 radical (unpaired) electrons. The SMILES string of the molecule is CCOC(=O)CN(C)C(=O)c1ccc[n+](COC(=O)N(C)[C@@]2(c3ccccc3Cl)CCCCC2=O)c1. The number of aromatic nitrogens is 1. The molecule has 1 heterocycles. The van der Waals surface area contributed by atoms with Crippen molar-refractivity contribution in [3.05, 3.63) is 64.9 Å². The third-order valence-electron chi connectivity index (χ3n) is 6.28. The van der Waals surface area contributed by atoms with Gasteiger partial charge in [-0.2, -0.15) is 4.57 Å². The van der Waals surface area contributed by atoms with Crippen molar-refractivity contribution >= 4 is 35.4 Å². The minimum atomic E-state index is -1.20. The van der Waals surface area contributed by atoms with E-state index in [0.717, 1.165) is 12.8 Å². The van der Waals surface area contributed by atoms with Crippen molar-refractivity contribution in [2.24, 2.45) is 0 Å². The molecule has 0 aliphatic heterocycles. The van der Waals surface area contributed by atoms with Crippen molar-refractivity contribution in [3.63, 3.8) is 0 Å². The number of ether oxygens (including phenoxy) is 2. The molecular weight excluding hydrogens is 486 g/mol. The summed E-state index contributed by atoms with van der Waals surface area (Å²) in [6.07, 6.45) is 4.81. The topological polar surface area (TPSA) is 97.1 Å². The summed E-state index contributed by atoms with van der Waals surface area (Å²) in [6, 6.07) is 10.3. The van der Waals surface area contributed by atoms with Gasteiger partial charge in [-0.25, -0.2) is 4.79 Å². The summed E-state index contributed by atoms with van der Waals surface area (Å²) in [5.41, 5.74) is -0.309. The molecule has 0 spiro atoms. The quantitative estimate of drug-likeness (QED) is 0.394. The van der Waals surface area contributed by atoms with Crippen molar-refractivity contribution in [2.75, 3.05) is 27.2 Å². The Morgan fingerprint density at radius 2 is 1.83 bits per heavy atom. The van der Waals surface area contributed by atoms with E-state index in [1.807, 2.05) is 0 Å². The Kier molecular flexibility index (Phi) is 9.03. The second-order valence-electron chi connectivity index (χ2n) is 8.64. The van der Waals surface area contributed by atoms with Crippen LogP contribution in [0, 0.1) is 0 Å². The van der Waals surface area contributed by atoms with Crippen LogP contribution in [0.1, 0.15) is 48.5 Å². The first kappa shape index (κ1) is 27.1. The molecule has 1 fully saturated rings. The van der Waals surface area contributed by atoms with Crippen molar-refractivity contribution in [2.45, 2.75) is 44.9 Å². The first-order valence-electron chi connectivity index (χ1n) is 11.8.